The lowest BCUT2D eigenvalue weighted by molar-refractivity contribution is 0.0691. The molecule has 0 unspecified atom stereocenters. The van der Waals surface area contributed by atoms with E-state index in [1.165, 1.54) is 12.5 Å². The zero-order chi connectivity index (χ0) is 13.2. The molecule has 0 saturated heterocycles. The zero-order valence-electron chi connectivity index (χ0n) is 8.73. The van der Waals surface area contributed by atoms with Crippen LogP contribution in [-0.2, 0) is 10.0 Å². The number of nitrogens with one attached hydrogen (secondary N) is 2. The van der Waals surface area contributed by atoms with Gasteiger partial charge in [-0.05, 0) is 0 Å². The Hall–Kier alpha value is -2.49. The Labute approximate surface area is 101 Å². The maximum Gasteiger partial charge on any atom is 0.358 e. The number of carboxylic acids is 1. The van der Waals surface area contributed by atoms with Crippen LogP contribution in [0.25, 0.3) is 0 Å². The number of rotatable bonds is 4. The number of H-pyrrole nitrogens is 1. The fraction of sp³-hybridized carbons (Fsp3) is 0. The number of aromatic carboxylic acids is 1. The molecule has 0 saturated carbocycles. The molecule has 0 aliphatic rings. The molecule has 2 rings (SSSR count). The van der Waals surface area contributed by atoms with Gasteiger partial charge in [0.25, 0.3) is 10.0 Å². The number of anilines is 1. The second kappa shape index (κ2) is 4.41. The molecule has 0 fully saturated rings. The third-order valence-electron chi connectivity index (χ3n) is 1.89. The van der Waals surface area contributed by atoms with Crippen molar-refractivity contribution in [1.29, 1.82) is 0 Å². The van der Waals surface area contributed by atoms with Crippen molar-refractivity contribution in [3.8, 4) is 0 Å². The summed E-state index contributed by atoms with van der Waals surface area (Å²) >= 11 is 0. The first kappa shape index (κ1) is 12.0. The Morgan fingerprint density at radius 2 is 2.06 bits per heavy atom. The molecule has 10 heteroatoms. The SMILES string of the molecule is O=C(O)c1nccnc1NS(=O)(=O)c1cnc[nH]1. The van der Waals surface area contributed by atoms with Crippen molar-refractivity contribution < 1.29 is 18.3 Å². The Morgan fingerprint density at radius 3 is 2.67 bits per heavy atom. The van der Waals surface area contributed by atoms with E-state index in [0.717, 1.165) is 12.4 Å². The van der Waals surface area contributed by atoms with Crippen molar-refractivity contribution in [3.63, 3.8) is 0 Å². The molecule has 0 atom stereocenters. The number of nitrogens with zero attached hydrogens (tertiary/aromatic N) is 3. The van der Waals surface area contributed by atoms with Crippen molar-refractivity contribution in [3.05, 3.63) is 30.6 Å². The smallest absolute Gasteiger partial charge is 0.358 e. The van der Waals surface area contributed by atoms with Crippen LogP contribution in [0.15, 0.2) is 29.9 Å². The number of carbonyl (C=O) groups is 1. The van der Waals surface area contributed by atoms with Gasteiger partial charge < -0.3 is 10.1 Å². The van der Waals surface area contributed by atoms with Gasteiger partial charge in [0.1, 0.15) is 0 Å². The topological polar surface area (TPSA) is 138 Å². The van der Waals surface area contributed by atoms with E-state index in [2.05, 4.69) is 19.9 Å². The lowest BCUT2D eigenvalue weighted by Gasteiger charge is -2.06. The summed E-state index contributed by atoms with van der Waals surface area (Å²) in [7, 11) is -3.96. The van der Waals surface area contributed by atoms with Gasteiger partial charge in [-0.25, -0.2) is 19.7 Å². The summed E-state index contributed by atoms with van der Waals surface area (Å²) in [5.74, 6) is -1.75. The van der Waals surface area contributed by atoms with Crippen molar-refractivity contribution in [2.75, 3.05) is 4.72 Å². The van der Waals surface area contributed by atoms with E-state index in [0.29, 0.717) is 0 Å². The molecular weight excluding hydrogens is 262 g/mol. The number of aromatic nitrogens is 4. The first-order chi connectivity index (χ1) is 8.50. The quantitative estimate of drug-likeness (QED) is 0.692. The lowest BCUT2D eigenvalue weighted by Crippen LogP contribution is -2.17. The fourth-order valence-electron chi connectivity index (χ4n) is 1.14. The standard InChI is InChI=1S/C8H7N5O4S/c14-8(15)6-7(11-2-1-10-6)13-18(16,17)5-3-9-4-12-5/h1-4H,(H,9,12)(H,11,13)(H,14,15). The minimum absolute atomic E-state index is 0.204. The summed E-state index contributed by atoms with van der Waals surface area (Å²) < 4.78 is 25.6. The highest BCUT2D eigenvalue weighted by Crippen LogP contribution is 2.14. The third kappa shape index (κ3) is 2.27. The maximum atomic E-state index is 11.8. The predicted octanol–water partition coefficient (Wildman–Crippen LogP) is -0.301. The van der Waals surface area contributed by atoms with Crippen LogP contribution in [-0.4, -0.2) is 39.4 Å². The molecule has 0 aromatic carbocycles. The lowest BCUT2D eigenvalue weighted by atomic mass is 10.4. The van der Waals surface area contributed by atoms with Gasteiger partial charge in [-0.2, -0.15) is 8.42 Å². The summed E-state index contributed by atoms with van der Waals surface area (Å²) in [6, 6.07) is 0. The highest BCUT2D eigenvalue weighted by atomic mass is 32.2. The van der Waals surface area contributed by atoms with Crippen LogP contribution in [0.5, 0.6) is 0 Å². The number of hydrogen-bond acceptors (Lipinski definition) is 6. The number of carboxylic acid groups (broad SMARTS) is 1. The molecule has 2 aromatic rings. The van der Waals surface area contributed by atoms with Crippen LogP contribution in [0.4, 0.5) is 5.82 Å². The van der Waals surface area contributed by atoms with Gasteiger partial charge in [0.15, 0.2) is 16.5 Å². The van der Waals surface area contributed by atoms with Crippen molar-refractivity contribution in [2.24, 2.45) is 0 Å². The van der Waals surface area contributed by atoms with Gasteiger partial charge in [-0.3, -0.25) is 4.72 Å². The third-order valence-corrected chi connectivity index (χ3v) is 3.16. The van der Waals surface area contributed by atoms with Gasteiger partial charge in [-0.15, -0.1) is 0 Å². The first-order valence-corrected chi connectivity index (χ1v) is 6.04. The molecule has 0 spiro atoms. The molecule has 94 valence electrons. The number of sulfonamides is 1. The molecule has 0 amide bonds. The van der Waals surface area contributed by atoms with Crippen molar-refractivity contribution in [2.45, 2.75) is 5.03 Å². The van der Waals surface area contributed by atoms with Gasteiger partial charge in [0.2, 0.25) is 0 Å². The minimum atomic E-state index is -3.96. The summed E-state index contributed by atoms with van der Waals surface area (Å²) in [6.07, 6.45) is 4.59. The van der Waals surface area contributed by atoms with Crippen molar-refractivity contribution in [1.82, 2.24) is 19.9 Å². The molecule has 3 N–H and O–H groups in total. The predicted molar refractivity (Wildman–Crippen MR) is 58.4 cm³/mol. The van der Waals surface area contributed by atoms with Gasteiger partial charge in [-0.1, -0.05) is 0 Å². The Morgan fingerprint density at radius 1 is 1.33 bits per heavy atom. The minimum Gasteiger partial charge on any atom is -0.476 e. The average Bonchev–Trinajstić information content (AvgIpc) is 2.83. The molecule has 9 nitrogen and oxygen atoms in total. The molecular formula is C8H7N5O4S. The molecule has 0 aliphatic carbocycles. The normalized spacial score (nSPS) is 11.1. The molecule has 0 bridgehead atoms. The van der Waals surface area contributed by atoms with E-state index in [9.17, 15) is 13.2 Å². The van der Waals surface area contributed by atoms with E-state index in [4.69, 9.17) is 5.11 Å². The largest absolute Gasteiger partial charge is 0.476 e. The van der Waals surface area contributed by atoms with Crippen LogP contribution >= 0.6 is 0 Å². The van der Waals surface area contributed by atoms with Gasteiger partial charge >= 0.3 is 5.97 Å². The summed E-state index contributed by atoms with van der Waals surface area (Å²) in [5.41, 5.74) is -0.486. The van der Waals surface area contributed by atoms with E-state index >= 15 is 0 Å². The average molecular weight is 269 g/mol. The molecule has 0 radical (unpaired) electrons. The number of hydrogen-bond donors (Lipinski definition) is 3. The highest BCUT2D eigenvalue weighted by molar-refractivity contribution is 7.92. The maximum absolute atomic E-state index is 11.8. The van der Waals surface area contributed by atoms with Gasteiger partial charge in [0.05, 0.1) is 12.5 Å². The highest BCUT2D eigenvalue weighted by Gasteiger charge is 2.21. The summed E-state index contributed by atoms with van der Waals surface area (Å²) in [6.45, 7) is 0. The van der Waals surface area contributed by atoms with E-state index < -0.39 is 21.7 Å². The molecule has 18 heavy (non-hydrogen) atoms. The van der Waals surface area contributed by atoms with Crippen LogP contribution in [0.1, 0.15) is 10.5 Å². The van der Waals surface area contributed by atoms with Crippen LogP contribution < -0.4 is 4.72 Å². The van der Waals surface area contributed by atoms with Crippen molar-refractivity contribution >= 4 is 21.8 Å². The van der Waals surface area contributed by atoms with Crippen LogP contribution in [0, 0.1) is 0 Å². The Kier molecular flexibility index (Phi) is 2.93. The summed E-state index contributed by atoms with van der Waals surface area (Å²) in [4.78, 5) is 23.9. The molecule has 2 aromatic heterocycles. The zero-order valence-corrected chi connectivity index (χ0v) is 9.55. The number of aromatic amines is 1. The fourth-order valence-corrected chi connectivity index (χ4v) is 2.06. The second-order valence-corrected chi connectivity index (χ2v) is 4.73. The second-order valence-electron chi connectivity index (χ2n) is 3.08. The van der Waals surface area contributed by atoms with Gasteiger partial charge in [0, 0.05) is 12.4 Å². The first-order valence-electron chi connectivity index (χ1n) is 4.56. The Bertz CT molecular complexity index is 667. The summed E-state index contributed by atoms with van der Waals surface area (Å²) in [5, 5.41) is 8.63. The molecule has 2 heterocycles. The monoisotopic (exact) mass is 269 g/mol. The van der Waals surface area contributed by atoms with Crippen LogP contribution in [0.2, 0.25) is 0 Å². The van der Waals surface area contributed by atoms with E-state index in [-0.39, 0.29) is 10.8 Å². The molecule has 0 aliphatic heterocycles. The van der Waals surface area contributed by atoms with E-state index in [1.54, 1.807) is 0 Å². The Balaban J connectivity index is 2.39. The van der Waals surface area contributed by atoms with E-state index in [1.807, 2.05) is 4.72 Å². The van der Waals surface area contributed by atoms with Crippen LogP contribution in [0.3, 0.4) is 0 Å². The number of imidazole rings is 1.